The van der Waals surface area contributed by atoms with Gasteiger partial charge in [-0.05, 0) is 49.2 Å². The summed E-state index contributed by atoms with van der Waals surface area (Å²) in [6.07, 6.45) is 0.840. The van der Waals surface area contributed by atoms with Crippen molar-refractivity contribution < 1.29 is 18.4 Å². The zero-order chi connectivity index (χ0) is 18.4. The smallest absolute Gasteiger partial charge is 0.254 e. The minimum Gasteiger partial charge on any atom is -0.350 e. The van der Waals surface area contributed by atoms with E-state index in [9.17, 15) is 18.4 Å². The summed E-state index contributed by atoms with van der Waals surface area (Å²) < 4.78 is 26.7. The number of hydrogen-bond donors (Lipinski definition) is 2. The third-order valence-corrected chi connectivity index (χ3v) is 3.83. The van der Waals surface area contributed by atoms with Crippen molar-refractivity contribution in [1.82, 2.24) is 10.6 Å². The van der Waals surface area contributed by atoms with Crippen LogP contribution in [0.4, 0.5) is 8.78 Å². The first-order chi connectivity index (χ1) is 11.9. The Morgan fingerprint density at radius 3 is 2.36 bits per heavy atom. The molecule has 2 rings (SSSR count). The first kappa shape index (κ1) is 18.6. The van der Waals surface area contributed by atoms with Gasteiger partial charge in [0.2, 0.25) is 0 Å². The summed E-state index contributed by atoms with van der Waals surface area (Å²) in [6, 6.07) is 9.52. The van der Waals surface area contributed by atoms with Crippen molar-refractivity contribution in [1.29, 1.82) is 0 Å². The highest BCUT2D eigenvalue weighted by atomic mass is 19.1. The van der Waals surface area contributed by atoms with Crippen molar-refractivity contribution in [2.45, 2.75) is 32.9 Å². The lowest BCUT2D eigenvalue weighted by Gasteiger charge is -2.12. The average Bonchev–Trinajstić information content (AvgIpc) is 2.61. The molecule has 0 aromatic heterocycles. The summed E-state index contributed by atoms with van der Waals surface area (Å²) in [6.45, 7) is 4.05. The summed E-state index contributed by atoms with van der Waals surface area (Å²) in [4.78, 5) is 23.9. The fourth-order valence-corrected chi connectivity index (χ4v) is 2.13. The van der Waals surface area contributed by atoms with E-state index in [0.717, 1.165) is 30.2 Å². The number of amides is 2. The molecule has 6 heteroatoms. The molecule has 0 spiro atoms. The number of carbonyl (C=O) groups is 2. The summed E-state index contributed by atoms with van der Waals surface area (Å²) >= 11 is 0. The molecule has 25 heavy (non-hydrogen) atoms. The average molecular weight is 346 g/mol. The highest BCUT2D eigenvalue weighted by Crippen LogP contribution is 2.10. The van der Waals surface area contributed by atoms with Gasteiger partial charge in [-0.1, -0.05) is 19.1 Å². The van der Waals surface area contributed by atoms with E-state index >= 15 is 0 Å². The van der Waals surface area contributed by atoms with Crippen LogP contribution in [0.5, 0.6) is 0 Å². The van der Waals surface area contributed by atoms with Crippen LogP contribution >= 0.6 is 0 Å². The predicted octanol–water partition coefficient (Wildman–Crippen LogP) is 3.42. The second kappa shape index (κ2) is 8.37. The highest BCUT2D eigenvalue weighted by Gasteiger charge is 2.13. The molecule has 0 heterocycles. The van der Waals surface area contributed by atoms with Crippen molar-refractivity contribution in [3.05, 3.63) is 70.8 Å². The quantitative estimate of drug-likeness (QED) is 0.842. The van der Waals surface area contributed by atoms with Crippen LogP contribution < -0.4 is 10.6 Å². The Hall–Kier alpha value is -2.76. The number of halogens is 2. The number of rotatable bonds is 6. The van der Waals surface area contributed by atoms with Gasteiger partial charge in [-0.15, -0.1) is 0 Å². The molecule has 0 aliphatic rings. The van der Waals surface area contributed by atoms with Crippen molar-refractivity contribution in [2.24, 2.45) is 0 Å². The first-order valence-corrected chi connectivity index (χ1v) is 8.03. The van der Waals surface area contributed by atoms with E-state index in [1.54, 1.807) is 24.3 Å². The van der Waals surface area contributed by atoms with Crippen LogP contribution in [0.2, 0.25) is 0 Å². The number of benzene rings is 2. The lowest BCUT2D eigenvalue weighted by atomic mass is 10.1. The molecule has 2 amide bonds. The minimum atomic E-state index is -0.782. The van der Waals surface area contributed by atoms with Gasteiger partial charge in [0, 0.05) is 18.2 Å². The third-order valence-electron chi connectivity index (χ3n) is 3.83. The molecule has 0 aliphatic heterocycles. The number of nitrogens with one attached hydrogen (secondary N) is 2. The van der Waals surface area contributed by atoms with Crippen molar-refractivity contribution >= 4 is 11.8 Å². The number of hydrogen-bond acceptors (Lipinski definition) is 2. The van der Waals surface area contributed by atoms with Gasteiger partial charge in [-0.25, -0.2) is 8.78 Å². The van der Waals surface area contributed by atoms with E-state index in [0.29, 0.717) is 5.56 Å². The van der Waals surface area contributed by atoms with Crippen LogP contribution in [-0.2, 0) is 6.54 Å². The molecule has 0 unspecified atom stereocenters. The summed E-state index contributed by atoms with van der Waals surface area (Å²) in [5.74, 6) is -2.32. The Balaban J connectivity index is 1.96. The van der Waals surface area contributed by atoms with Crippen LogP contribution in [0.1, 0.15) is 46.5 Å². The van der Waals surface area contributed by atoms with E-state index in [1.807, 2.05) is 13.8 Å². The molecule has 0 aliphatic carbocycles. The molecule has 0 radical (unpaired) electrons. The van der Waals surface area contributed by atoms with E-state index in [-0.39, 0.29) is 24.1 Å². The normalized spacial score (nSPS) is 11.7. The van der Waals surface area contributed by atoms with Gasteiger partial charge in [-0.2, -0.15) is 0 Å². The molecule has 4 nitrogen and oxygen atoms in total. The lowest BCUT2D eigenvalue weighted by Crippen LogP contribution is -2.31. The van der Waals surface area contributed by atoms with Gasteiger partial charge < -0.3 is 10.6 Å². The SMILES string of the molecule is CC[C@H](C)NC(=O)c1ccc(CNC(=O)c2cc(F)ccc2F)cc1. The van der Waals surface area contributed by atoms with E-state index < -0.39 is 17.5 Å². The molecule has 0 fully saturated rings. The number of carbonyl (C=O) groups excluding carboxylic acids is 2. The zero-order valence-electron chi connectivity index (χ0n) is 14.1. The zero-order valence-corrected chi connectivity index (χ0v) is 14.1. The summed E-state index contributed by atoms with van der Waals surface area (Å²) in [5, 5.41) is 5.39. The van der Waals surface area contributed by atoms with Crippen molar-refractivity contribution in [3.63, 3.8) is 0 Å². The molecule has 2 aromatic rings. The van der Waals surface area contributed by atoms with Crippen LogP contribution in [-0.4, -0.2) is 17.9 Å². The maximum Gasteiger partial charge on any atom is 0.254 e. The highest BCUT2D eigenvalue weighted by molar-refractivity contribution is 5.95. The second-order valence-electron chi connectivity index (χ2n) is 5.79. The molecule has 132 valence electrons. The van der Waals surface area contributed by atoms with Gasteiger partial charge in [0.15, 0.2) is 0 Å². The van der Waals surface area contributed by atoms with Gasteiger partial charge in [-0.3, -0.25) is 9.59 Å². The van der Waals surface area contributed by atoms with Crippen molar-refractivity contribution in [2.75, 3.05) is 0 Å². The van der Waals surface area contributed by atoms with Gasteiger partial charge >= 0.3 is 0 Å². The van der Waals surface area contributed by atoms with Crippen LogP contribution in [0.25, 0.3) is 0 Å². The third kappa shape index (κ3) is 5.11. The van der Waals surface area contributed by atoms with Crippen LogP contribution in [0.3, 0.4) is 0 Å². The molecule has 0 saturated heterocycles. The summed E-state index contributed by atoms with van der Waals surface area (Å²) in [7, 11) is 0. The minimum absolute atomic E-state index is 0.0904. The topological polar surface area (TPSA) is 58.2 Å². The van der Waals surface area contributed by atoms with Crippen LogP contribution in [0.15, 0.2) is 42.5 Å². The maximum atomic E-state index is 13.5. The fraction of sp³-hybridized carbons (Fsp3) is 0.263. The molecule has 2 aromatic carbocycles. The monoisotopic (exact) mass is 346 g/mol. The molecule has 2 N–H and O–H groups in total. The lowest BCUT2D eigenvalue weighted by molar-refractivity contribution is 0.0932. The largest absolute Gasteiger partial charge is 0.350 e. The standard InChI is InChI=1S/C19H20F2N2O2/c1-3-12(2)23-18(24)14-6-4-13(5-7-14)11-22-19(25)16-10-15(20)8-9-17(16)21/h4-10,12H,3,11H2,1-2H3,(H,22,25)(H,23,24)/t12-/m0/s1. The Kier molecular flexibility index (Phi) is 6.22. The Bertz CT molecular complexity index is 761. The van der Waals surface area contributed by atoms with Crippen LogP contribution in [0, 0.1) is 11.6 Å². The van der Waals surface area contributed by atoms with E-state index in [4.69, 9.17) is 0 Å². The Morgan fingerprint density at radius 2 is 1.72 bits per heavy atom. The predicted molar refractivity (Wildman–Crippen MR) is 91.2 cm³/mol. The van der Waals surface area contributed by atoms with Gasteiger partial charge in [0.05, 0.1) is 5.56 Å². The molecule has 0 saturated carbocycles. The van der Waals surface area contributed by atoms with Gasteiger partial charge in [0.1, 0.15) is 11.6 Å². The van der Waals surface area contributed by atoms with Crippen molar-refractivity contribution in [3.8, 4) is 0 Å². The summed E-state index contributed by atoms with van der Waals surface area (Å²) in [5.41, 5.74) is 0.918. The molecule has 0 bridgehead atoms. The maximum absolute atomic E-state index is 13.5. The Morgan fingerprint density at radius 1 is 1.04 bits per heavy atom. The second-order valence-corrected chi connectivity index (χ2v) is 5.79. The molecular formula is C19H20F2N2O2. The molecule has 1 atom stereocenters. The van der Waals surface area contributed by atoms with E-state index in [2.05, 4.69) is 10.6 Å². The van der Waals surface area contributed by atoms with Gasteiger partial charge in [0.25, 0.3) is 11.8 Å². The fourth-order valence-electron chi connectivity index (χ4n) is 2.13. The Labute approximate surface area is 145 Å². The first-order valence-electron chi connectivity index (χ1n) is 8.03. The molecular weight excluding hydrogens is 326 g/mol. The van der Waals surface area contributed by atoms with E-state index in [1.165, 1.54) is 0 Å².